The molecule has 2 N–H and O–H groups in total. The SMILES string of the molecule is CN(CC1(O)CCCC1)C(=O)N1CSC[C@H]1C(=O)O. The van der Waals surface area contributed by atoms with Gasteiger partial charge in [0.15, 0.2) is 0 Å². The van der Waals surface area contributed by atoms with Gasteiger partial charge in [0.05, 0.1) is 18.0 Å². The van der Waals surface area contributed by atoms with Gasteiger partial charge in [-0.2, -0.15) is 0 Å². The smallest absolute Gasteiger partial charge is 0.327 e. The zero-order valence-corrected chi connectivity index (χ0v) is 11.9. The number of hydrogen-bond donors (Lipinski definition) is 2. The number of likely N-dealkylation sites (N-methyl/N-ethyl adjacent to an activating group) is 1. The lowest BCUT2D eigenvalue weighted by atomic mass is 10.0. The van der Waals surface area contributed by atoms with Crippen LogP contribution in [0.1, 0.15) is 25.7 Å². The summed E-state index contributed by atoms with van der Waals surface area (Å²) in [4.78, 5) is 26.1. The quantitative estimate of drug-likeness (QED) is 0.803. The van der Waals surface area contributed by atoms with Crippen molar-refractivity contribution in [3.05, 3.63) is 0 Å². The van der Waals surface area contributed by atoms with Gasteiger partial charge >= 0.3 is 12.0 Å². The van der Waals surface area contributed by atoms with Crippen LogP contribution in [0.15, 0.2) is 0 Å². The summed E-state index contributed by atoms with van der Waals surface area (Å²) >= 11 is 1.44. The predicted octanol–water partition coefficient (Wildman–Crippen LogP) is 0.803. The van der Waals surface area contributed by atoms with E-state index in [4.69, 9.17) is 5.11 Å². The molecule has 2 aliphatic rings. The lowest BCUT2D eigenvalue weighted by Crippen LogP contribution is -2.51. The van der Waals surface area contributed by atoms with Crippen molar-refractivity contribution in [1.82, 2.24) is 9.80 Å². The van der Waals surface area contributed by atoms with Crippen LogP contribution in [0.4, 0.5) is 4.79 Å². The van der Waals surface area contributed by atoms with E-state index in [0.717, 1.165) is 12.8 Å². The molecule has 1 saturated heterocycles. The van der Waals surface area contributed by atoms with E-state index in [0.29, 0.717) is 24.5 Å². The first-order chi connectivity index (χ1) is 8.93. The van der Waals surface area contributed by atoms with Gasteiger partial charge in [-0.3, -0.25) is 0 Å². The molecule has 0 spiro atoms. The minimum atomic E-state index is -0.966. The number of hydrogen-bond acceptors (Lipinski definition) is 4. The van der Waals surface area contributed by atoms with Gasteiger partial charge in [0.1, 0.15) is 6.04 Å². The first-order valence-corrected chi connectivity index (χ1v) is 7.63. The summed E-state index contributed by atoms with van der Waals surface area (Å²) < 4.78 is 0. The van der Waals surface area contributed by atoms with Crippen molar-refractivity contribution in [2.24, 2.45) is 0 Å². The van der Waals surface area contributed by atoms with Gasteiger partial charge < -0.3 is 20.0 Å². The minimum absolute atomic E-state index is 0.277. The van der Waals surface area contributed by atoms with E-state index in [1.165, 1.54) is 21.6 Å². The number of carboxylic acid groups (broad SMARTS) is 1. The Hall–Kier alpha value is -0.950. The van der Waals surface area contributed by atoms with Crippen molar-refractivity contribution >= 4 is 23.8 Å². The van der Waals surface area contributed by atoms with Crippen molar-refractivity contribution in [1.29, 1.82) is 0 Å². The maximum atomic E-state index is 12.3. The zero-order chi connectivity index (χ0) is 14.0. The second-order valence-electron chi connectivity index (χ2n) is 5.39. The van der Waals surface area contributed by atoms with E-state index >= 15 is 0 Å². The van der Waals surface area contributed by atoms with E-state index in [-0.39, 0.29) is 12.6 Å². The fraction of sp³-hybridized carbons (Fsp3) is 0.833. The number of rotatable bonds is 3. The molecule has 0 unspecified atom stereocenters. The van der Waals surface area contributed by atoms with Gasteiger partial charge in [-0.05, 0) is 12.8 Å². The molecule has 1 saturated carbocycles. The molecule has 108 valence electrons. The number of carbonyl (C=O) groups is 2. The normalized spacial score (nSPS) is 25.6. The summed E-state index contributed by atoms with van der Waals surface area (Å²) in [6, 6.07) is -1.06. The van der Waals surface area contributed by atoms with E-state index in [2.05, 4.69) is 0 Å². The summed E-state index contributed by atoms with van der Waals surface area (Å²) in [6.07, 6.45) is 3.38. The van der Waals surface area contributed by atoms with Crippen LogP contribution >= 0.6 is 11.8 Å². The number of urea groups is 1. The van der Waals surface area contributed by atoms with Crippen LogP contribution in [0.2, 0.25) is 0 Å². The molecule has 7 heteroatoms. The molecule has 0 radical (unpaired) electrons. The van der Waals surface area contributed by atoms with Crippen LogP contribution in [-0.2, 0) is 4.79 Å². The first-order valence-electron chi connectivity index (χ1n) is 6.48. The van der Waals surface area contributed by atoms with Gasteiger partial charge in [0.25, 0.3) is 0 Å². The van der Waals surface area contributed by atoms with Crippen molar-refractivity contribution in [2.75, 3.05) is 25.2 Å². The number of amides is 2. The Morgan fingerprint density at radius 1 is 1.42 bits per heavy atom. The van der Waals surface area contributed by atoms with Gasteiger partial charge in [-0.1, -0.05) is 12.8 Å². The maximum Gasteiger partial charge on any atom is 0.327 e. The van der Waals surface area contributed by atoms with Crippen LogP contribution in [0.3, 0.4) is 0 Å². The third-order valence-electron chi connectivity index (χ3n) is 3.81. The largest absolute Gasteiger partial charge is 0.480 e. The summed E-state index contributed by atoms with van der Waals surface area (Å²) in [5.74, 6) is -0.135. The molecule has 19 heavy (non-hydrogen) atoms. The highest BCUT2D eigenvalue weighted by Crippen LogP contribution is 2.30. The molecule has 2 amide bonds. The van der Waals surface area contributed by atoms with Crippen molar-refractivity contribution in [3.8, 4) is 0 Å². The summed E-state index contributed by atoms with van der Waals surface area (Å²) in [7, 11) is 1.63. The number of aliphatic carboxylic acids is 1. The molecule has 1 atom stereocenters. The molecular weight excluding hydrogens is 268 g/mol. The molecule has 1 aliphatic heterocycles. The topological polar surface area (TPSA) is 81.1 Å². The number of carbonyl (C=O) groups excluding carboxylic acids is 1. The second-order valence-corrected chi connectivity index (χ2v) is 6.39. The molecule has 2 rings (SSSR count). The Labute approximate surface area is 116 Å². The Kier molecular flexibility index (Phi) is 4.25. The lowest BCUT2D eigenvalue weighted by Gasteiger charge is -2.32. The van der Waals surface area contributed by atoms with Crippen molar-refractivity contribution in [2.45, 2.75) is 37.3 Å². The van der Waals surface area contributed by atoms with E-state index < -0.39 is 17.6 Å². The second kappa shape index (κ2) is 5.58. The van der Waals surface area contributed by atoms with Crippen LogP contribution in [0.25, 0.3) is 0 Å². The zero-order valence-electron chi connectivity index (χ0n) is 11.0. The number of aliphatic hydroxyl groups is 1. The highest BCUT2D eigenvalue weighted by Gasteiger charge is 2.39. The van der Waals surface area contributed by atoms with Crippen molar-refractivity contribution < 1.29 is 19.8 Å². The van der Waals surface area contributed by atoms with Gasteiger partial charge in [-0.15, -0.1) is 11.8 Å². The fourth-order valence-corrected chi connectivity index (χ4v) is 3.89. The van der Waals surface area contributed by atoms with Crippen LogP contribution in [0, 0.1) is 0 Å². The molecule has 6 nitrogen and oxygen atoms in total. The summed E-state index contributed by atoms with van der Waals surface area (Å²) in [5.41, 5.74) is -0.796. The highest BCUT2D eigenvalue weighted by atomic mass is 32.2. The molecule has 1 aliphatic carbocycles. The third kappa shape index (κ3) is 3.14. The number of thioether (sulfide) groups is 1. The molecule has 0 bridgehead atoms. The van der Waals surface area contributed by atoms with Crippen LogP contribution in [0.5, 0.6) is 0 Å². The summed E-state index contributed by atoms with van der Waals surface area (Å²) in [5, 5.41) is 19.4. The standard InChI is InChI=1S/C12H20N2O4S/c1-13(7-12(18)4-2-3-5-12)11(17)14-8-19-6-9(14)10(15)16/h9,18H,2-8H2,1H3,(H,15,16)/t9-/m0/s1. The molecular formula is C12H20N2O4S. The molecule has 1 heterocycles. The molecule has 0 aromatic carbocycles. The van der Waals surface area contributed by atoms with Crippen LogP contribution < -0.4 is 0 Å². The number of nitrogens with zero attached hydrogens (tertiary/aromatic N) is 2. The first kappa shape index (κ1) is 14.5. The third-order valence-corrected chi connectivity index (χ3v) is 4.82. The summed E-state index contributed by atoms with van der Waals surface area (Å²) in [6.45, 7) is 0.277. The van der Waals surface area contributed by atoms with Gasteiger partial charge in [0, 0.05) is 12.8 Å². The van der Waals surface area contributed by atoms with Crippen LogP contribution in [-0.4, -0.2) is 68.9 Å². The number of carboxylic acids is 1. The fourth-order valence-electron chi connectivity index (χ4n) is 2.76. The average molecular weight is 288 g/mol. The molecule has 2 fully saturated rings. The highest BCUT2D eigenvalue weighted by molar-refractivity contribution is 7.99. The van der Waals surface area contributed by atoms with Gasteiger partial charge in [0.2, 0.25) is 0 Å². The van der Waals surface area contributed by atoms with E-state index in [1.807, 2.05) is 0 Å². The molecule has 0 aromatic rings. The van der Waals surface area contributed by atoms with Gasteiger partial charge in [-0.25, -0.2) is 9.59 Å². The van der Waals surface area contributed by atoms with Crippen molar-refractivity contribution in [3.63, 3.8) is 0 Å². The minimum Gasteiger partial charge on any atom is -0.480 e. The lowest BCUT2D eigenvalue weighted by molar-refractivity contribution is -0.140. The predicted molar refractivity (Wildman–Crippen MR) is 72.0 cm³/mol. The average Bonchev–Trinajstić information content (AvgIpc) is 2.96. The Balaban J connectivity index is 1.96. The Morgan fingerprint density at radius 2 is 2.05 bits per heavy atom. The maximum absolute atomic E-state index is 12.3. The monoisotopic (exact) mass is 288 g/mol. The molecule has 0 aromatic heterocycles. The Morgan fingerprint density at radius 3 is 2.63 bits per heavy atom. The van der Waals surface area contributed by atoms with E-state index in [9.17, 15) is 14.7 Å². The Bertz CT molecular complexity index is 371. The van der Waals surface area contributed by atoms with E-state index in [1.54, 1.807) is 7.05 Å².